The van der Waals surface area contributed by atoms with Crippen molar-refractivity contribution in [2.24, 2.45) is 5.11 Å². The average Bonchev–Trinajstić information content (AvgIpc) is 1.98. The molecule has 0 aromatic carbocycles. The summed E-state index contributed by atoms with van der Waals surface area (Å²) in [6.07, 6.45) is 0.950. The van der Waals surface area contributed by atoms with Crippen LogP contribution in [0.25, 0.3) is 10.4 Å². The summed E-state index contributed by atoms with van der Waals surface area (Å²) in [5.41, 5.74) is 13.2. The predicted octanol–water partition coefficient (Wildman–Crippen LogP) is 1.74. The van der Waals surface area contributed by atoms with Crippen LogP contribution in [0.15, 0.2) is 17.4 Å². The lowest BCUT2D eigenvalue weighted by molar-refractivity contribution is 0.622. The highest BCUT2D eigenvalue weighted by Gasteiger charge is 1.98. The lowest BCUT2D eigenvalue weighted by atomic mass is 10.4. The molecule has 0 saturated heterocycles. The fourth-order valence-corrected chi connectivity index (χ4v) is 0.567. The van der Waals surface area contributed by atoms with E-state index in [1.54, 1.807) is 0 Å². The van der Waals surface area contributed by atoms with Gasteiger partial charge in [0.05, 0.1) is 11.9 Å². The number of azide groups is 1. The smallest absolute Gasteiger partial charge is 0.142 e. The van der Waals surface area contributed by atoms with E-state index in [4.69, 9.17) is 11.3 Å². The maximum atomic E-state index is 12.4. The molecule has 0 radical (unpaired) electrons. The van der Waals surface area contributed by atoms with Crippen molar-refractivity contribution in [1.29, 1.82) is 0 Å². The highest BCUT2D eigenvalue weighted by atomic mass is 19.1. The minimum atomic E-state index is -0.582. The molecule has 5 nitrogen and oxygen atoms in total. The Morgan fingerprint density at radius 3 is 3.09 bits per heavy atom. The topological polar surface area (TPSA) is 87.7 Å². The van der Waals surface area contributed by atoms with E-state index in [1.165, 1.54) is 0 Å². The van der Waals surface area contributed by atoms with Gasteiger partial charge in [-0.25, -0.2) is 9.37 Å². The Morgan fingerprint density at radius 2 is 2.45 bits per heavy atom. The molecule has 0 fully saturated rings. The van der Waals surface area contributed by atoms with Crippen LogP contribution in [0.1, 0.15) is 0 Å². The van der Waals surface area contributed by atoms with Crippen molar-refractivity contribution in [3.05, 3.63) is 28.5 Å². The number of anilines is 1. The molecule has 11 heavy (non-hydrogen) atoms. The first-order valence-electron chi connectivity index (χ1n) is 2.70. The number of hydrogen-bond acceptors (Lipinski definition) is 3. The summed E-state index contributed by atoms with van der Waals surface area (Å²) in [5.74, 6) is -0.564. The summed E-state index contributed by atoms with van der Waals surface area (Å²) in [4.78, 5) is 5.88. The molecule has 0 unspecified atom stereocenters. The van der Waals surface area contributed by atoms with E-state index in [9.17, 15) is 4.39 Å². The van der Waals surface area contributed by atoms with Gasteiger partial charge in [-0.1, -0.05) is 5.11 Å². The number of nitrogens with two attached hydrogens (primary N) is 1. The van der Waals surface area contributed by atoms with Crippen LogP contribution in [0, 0.1) is 5.82 Å². The van der Waals surface area contributed by atoms with Gasteiger partial charge in [0.25, 0.3) is 0 Å². The number of halogens is 1. The van der Waals surface area contributed by atoms with Crippen molar-refractivity contribution in [2.45, 2.75) is 0 Å². The van der Waals surface area contributed by atoms with E-state index in [0.29, 0.717) is 0 Å². The monoisotopic (exact) mass is 153 g/mol. The van der Waals surface area contributed by atoms with Crippen molar-refractivity contribution in [3.63, 3.8) is 0 Å². The molecule has 6 heteroatoms. The summed E-state index contributed by atoms with van der Waals surface area (Å²) in [6.45, 7) is 0. The van der Waals surface area contributed by atoms with Crippen LogP contribution in [0.2, 0.25) is 0 Å². The maximum Gasteiger partial charge on any atom is 0.142 e. The molecule has 1 aromatic rings. The number of rotatable bonds is 1. The van der Waals surface area contributed by atoms with Gasteiger partial charge in [-0.05, 0) is 11.6 Å². The molecule has 0 aliphatic rings. The van der Waals surface area contributed by atoms with Gasteiger partial charge in [0.2, 0.25) is 0 Å². The second-order valence-electron chi connectivity index (χ2n) is 1.75. The normalized spacial score (nSPS) is 8.82. The summed E-state index contributed by atoms with van der Waals surface area (Å²) >= 11 is 0. The van der Waals surface area contributed by atoms with E-state index < -0.39 is 5.82 Å². The van der Waals surface area contributed by atoms with Gasteiger partial charge in [0, 0.05) is 4.91 Å². The largest absolute Gasteiger partial charge is 0.383 e. The van der Waals surface area contributed by atoms with E-state index >= 15 is 0 Å². The number of nitrogens with zero attached hydrogens (tertiary/aromatic N) is 4. The van der Waals surface area contributed by atoms with E-state index in [-0.39, 0.29) is 11.5 Å². The molecule has 0 atom stereocenters. The van der Waals surface area contributed by atoms with Crippen molar-refractivity contribution in [1.82, 2.24) is 4.98 Å². The molecule has 0 spiro atoms. The highest BCUT2D eigenvalue weighted by molar-refractivity contribution is 5.56. The molecule has 0 saturated carbocycles. The minimum Gasteiger partial charge on any atom is -0.383 e. The van der Waals surface area contributed by atoms with E-state index in [2.05, 4.69) is 15.0 Å². The Hall–Kier alpha value is -1.81. The molecule has 56 valence electrons. The highest BCUT2D eigenvalue weighted by Crippen LogP contribution is 2.19. The first-order chi connectivity index (χ1) is 5.24. The molecule has 2 N–H and O–H groups in total. The van der Waals surface area contributed by atoms with Gasteiger partial charge in [0.15, 0.2) is 0 Å². The van der Waals surface area contributed by atoms with Crippen LogP contribution in [0.4, 0.5) is 15.9 Å². The van der Waals surface area contributed by atoms with E-state index in [1.807, 2.05) is 0 Å². The van der Waals surface area contributed by atoms with Gasteiger partial charge >= 0.3 is 0 Å². The Balaban J connectivity index is 3.22. The first-order valence-corrected chi connectivity index (χ1v) is 2.70. The summed E-state index contributed by atoms with van der Waals surface area (Å²) < 4.78 is 12.4. The fourth-order valence-electron chi connectivity index (χ4n) is 0.567. The SMILES string of the molecule is [N-]=[N+]=Nc1cc(F)cnc1N. The van der Waals surface area contributed by atoms with Gasteiger partial charge in [-0.15, -0.1) is 0 Å². The summed E-state index contributed by atoms with van der Waals surface area (Å²) in [5, 5.41) is 3.12. The van der Waals surface area contributed by atoms with E-state index in [0.717, 1.165) is 12.3 Å². The second kappa shape index (κ2) is 2.85. The second-order valence-corrected chi connectivity index (χ2v) is 1.75. The number of pyridine rings is 1. The predicted molar refractivity (Wildman–Crippen MR) is 37.4 cm³/mol. The Labute approximate surface area is 61.3 Å². The third-order valence-electron chi connectivity index (χ3n) is 1.02. The molecule has 0 aliphatic carbocycles. The van der Waals surface area contributed by atoms with Gasteiger partial charge < -0.3 is 5.73 Å². The van der Waals surface area contributed by atoms with Crippen LogP contribution in [-0.4, -0.2) is 4.98 Å². The van der Waals surface area contributed by atoms with Crippen LogP contribution >= 0.6 is 0 Å². The average molecular weight is 153 g/mol. The van der Waals surface area contributed by atoms with Gasteiger partial charge in [0.1, 0.15) is 11.6 Å². The molecule has 1 aromatic heterocycles. The van der Waals surface area contributed by atoms with Gasteiger partial charge in [-0.3, -0.25) is 0 Å². The van der Waals surface area contributed by atoms with Gasteiger partial charge in [-0.2, -0.15) is 0 Å². The van der Waals surface area contributed by atoms with Crippen molar-refractivity contribution < 1.29 is 4.39 Å². The molecular formula is C5H4FN5. The lowest BCUT2D eigenvalue weighted by Crippen LogP contribution is -1.90. The first kappa shape index (κ1) is 7.30. The lowest BCUT2D eigenvalue weighted by Gasteiger charge is -1.95. The maximum absolute atomic E-state index is 12.4. The molecule has 1 heterocycles. The molecule has 0 aliphatic heterocycles. The van der Waals surface area contributed by atoms with Crippen molar-refractivity contribution in [2.75, 3.05) is 5.73 Å². The quantitative estimate of drug-likeness (QED) is 0.378. The minimum absolute atomic E-state index is 0.00694. The fraction of sp³-hybridized carbons (Fsp3) is 0. The zero-order valence-electron chi connectivity index (χ0n) is 5.40. The third-order valence-corrected chi connectivity index (χ3v) is 1.02. The van der Waals surface area contributed by atoms with Crippen LogP contribution in [0.5, 0.6) is 0 Å². The van der Waals surface area contributed by atoms with Crippen LogP contribution in [0.3, 0.4) is 0 Å². The molecular weight excluding hydrogens is 149 g/mol. The molecule has 0 amide bonds. The number of hydrogen-bond donors (Lipinski definition) is 1. The summed E-state index contributed by atoms with van der Waals surface area (Å²) in [7, 11) is 0. The standard InChI is InChI=1S/C5H4FN5/c6-3-1-4(10-11-8)5(7)9-2-3/h1-2H,(H2,7,9). The summed E-state index contributed by atoms with van der Waals surface area (Å²) in [6, 6.07) is 1.02. The number of nitrogen functional groups attached to an aromatic ring is 1. The third kappa shape index (κ3) is 1.56. The zero-order valence-corrected chi connectivity index (χ0v) is 5.40. The van der Waals surface area contributed by atoms with Crippen molar-refractivity contribution in [3.8, 4) is 0 Å². The molecule has 1 rings (SSSR count). The number of aromatic nitrogens is 1. The Bertz CT molecular complexity index is 317. The Kier molecular flexibility index (Phi) is 1.89. The van der Waals surface area contributed by atoms with Crippen LogP contribution < -0.4 is 5.73 Å². The Morgan fingerprint density at radius 1 is 1.73 bits per heavy atom. The zero-order chi connectivity index (χ0) is 8.27. The van der Waals surface area contributed by atoms with Crippen molar-refractivity contribution >= 4 is 11.5 Å². The van der Waals surface area contributed by atoms with Crippen LogP contribution in [-0.2, 0) is 0 Å². The molecule has 0 bridgehead atoms.